The predicted molar refractivity (Wildman–Crippen MR) is 102 cm³/mol. The third-order valence-corrected chi connectivity index (χ3v) is 5.93. The van der Waals surface area contributed by atoms with Crippen molar-refractivity contribution in [3.05, 3.63) is 0 Å². The minimum absolute atomic E-state index is 0.00784. The largest absolute Gasteiger partial charge is 0.480 e. The summed E-state index contributed by atoms with van der Waals surface area (Å²) in [7, 11) is 0. The minimum Gasteiger partial charge on any atom is -0.480 e. The number of carbonyl (C=O) groups excluding carboxylic acids is 3. The summed E-state index contributed by atoms with van der Waals surface area (Å²) in [6.45, 7) is 6.21. The lowest BCUT2D eigenvalue weighted by Crippen LogP contribution is -2.56. The fourth-order valence-electron chi connectivity index (χ4n) is 3.90. The molecular weight excluding hydrogens is 364 g/mol. The number of carboxylic acids is 1. The quantitative estimate of drug-likeness (QED) is 0.552. The standard InChI is InChI=1S/C19H32N4O5/c1-4-11(2)15(20)16(24)21-12(3)17(25)22-9-5-7-13(22)18(26)23-10-6-8-14(23)19(27)28/h11-15H,4-10,20H2,1-3H3,(H,21,24)(H,27,28). The Morgan fingerprint density at radius 2 is 1.64 bits per heavy atom. The van der Waals surface area contributed by atoms with Gasteiger partial charge in [-0.25, -0.2) is 4.79 Å². The number of carbonyl (C=O) groups is 4. The molecule has 9 heteroatoms. The molecule has 2 fully saturated rings. The molecule has 0 bridgehead atoms. The zero-order valence-corrected chi connectivity index (χ0v) is 16.9. The second kappa shape index (κ2) is 9.36. The number of hydrogen-bond donors (Lipinski definition) is 3. The smallest absolute Gasteiger partial charge is 0.326 e. The van der Waals surface area contributed by atoms with Crippen molar-refractivity contribution in [1.82, 2.24) is 15.1 Å². The SMILES string of the molecule is CCC(C)C(N)C(=O)NC(C)C(=O)N1CCCC1C(=O)N1CCCC1C(=O)O. The van der Waals surface area contributed by atoms with Crippen LogP contribution in [-0.2, 0) is 19.2 Å². The third-order valence-electron chi connectivity index (χ3n) is 5.93. The van der Waals surface area contributed by atoms with Gasteiger partial charge in [0.15, 0.2) is 0 Å². The molecule has 2 aliphatic rings. The van der Waals surface area contributed by atoms with Gasteiger partial charge >= 0.3 is 5.97 Å². The van der Waals surface area contributed by atoms with E-state index in [0.29, 0.717) is 38.8 Å². The molecule has 2 saturated heterocycles. The van der Waals surface area contributed by atoms with E-state index in [1.807, 2.05) is 13.8 Å². The number of amides is 3. The first-order valence-electron chi connectivity index (χ1n) is 10.1. The average Bonchev–Trinajstić information content (AvgIpc) is 3.34. The molecule has 4 N–H and O–H groups in total. The van der Waals surface area contributed by atoms with Crippen LogP contribution in [0.1, 0.15) is 52.9 Å². The molecule has 0 aromatic rings. The second-order valence-electron chi connectivity index (χ2n) is 7.86. The average molecular weight is 396 g/mol. The first-order chi connectivity index (χ1) is 13.2. The maximum absolute atomic E-state index is 12.9. The molecule has 158 valence electrons. The van der Waals surface area contributed by atoms with E-state index in [1.54, 1.807) is 6.92 Å². The van der Waals surface area contributed by atoms with E-state index in [0.717, 1.165) is 6.42 Å². The van der Waals surface area contributed by atoms with Gasteiger partial charge in [0.1, 0.15) is 18.1 Å². The number of aliphatic carboxylic acids is 1. The van der Waals surface area contributed by atoms with Gasteiger partial charge in [-0.15, -0.1) is 0 Å². The first kappa shape index (κ1) is 22.1. The number of likely N-dealkylation sites (tertiary alicyclic amines) is 2. The molecule has 28 heavy (non-hydrogen) atoms. The Morgan fingerprint density at radius 3 is 2.21 bits per heavy atom. The molecule has 2 aliphatic heterocycles. The maximum Gasteiger partial charge on any atom is 0.326 e. The number of hydrogen-bond acceptors (Lipinski definition) is 5. The van der Waals surface area contributed by atoms with Crippen molar-refractivity contribution in [2.45, 2.75) is 77.0 Å². The lowest BCUT2D eigenvalue weighted by molar-refractivity contribution is -0.152. The number of nitrogens with one attached hydrogen (secondary N) is 1. The monoisotopic (exact) mass is 396 g/mol. The Bertz CT molecular complexity index is 625. The molecule has 0 radical (unpaired) electrons. The van der Waals surface area contributed by atoms with Gasteiger partial charge in [0.2, 0.25) is 17.7 Å². The molecule has 0 aliphatic carbocycles. The zero-order valence-electron chi connectivity index (χ0n) is 16.9. The zero-order chi connectivity index (χ0) is 21.0. The highest BCUT2D eigenvalue weighted by atomic mass is 16.4. The van der Waals surface area contributed by atoms with Crippen LogP contribution in [0, 0.1) is 5.92 Å². The summed E-state index contributed by atoms with van der Waals surface area (Å²) in [5.74, 6) is -2.06. The Morgan fingerprint density at radius 1 is 1.07 bits per heavy atom. The minimum atomic E-state index is -1.01. The number of rotatable bonds is 7. The van der Waals surface area contributed by atoms with Crippen LogP contribution in [0.4, 0.5) is 0 Å². The fourth-order valence-corrected chi connectivity index (χ4v) is 3.90. The molecule has 0 aromatic carbocycles. The summed E-state index contributed by atoms with van der Waals surface area (Å²) in [4.78, 5) is 52.3. The maximum atomic E-state index is 12.9. The van der Waals surface area contributed by atoms with Crippen LogP contribution in [0.25, 0.3) is 0 Å². The van der Waals surface area contributed by atoms with Crippen LogP contribution in [0.3, 0.4) is 0 Å². The van der Waals surface area contributed by atoms with Gasteiger partial charge in [0.25, 0.3) is 0 Å². The van der Waals surface area contributed by atoms with Crippen LogP contribution >= 0.6 is 0 Å². The van der Waals surface area contributed by atoms with E-state index in [1.165, 1.54) is 9.80 Å². The van der Waals surface area contributed by atoms with Gasteiger partial charge in [-0.05, 0) is 38.5 Å². The summed E-state index contributed by atoms with van der Waals surface area (Å²) in [6.07, 6.45) is 2.99. The van der Waals surface area contributed by atoms with Gasteiger partial charge in [-0.2, -0.15) is 0 Å². The normalized spacial score (nSPS) is 25.3. The van der Waals surface area contributed by atoms with Gasteiger partial charge in [0.05, 0.1) is 6.04 Å². The summed E-state index contributed by atoms with van der Waals surface area (Å²) >= 11 is 0. The predicted octanol–water partition coefficient (Wildman–Crippen LogP) is -0.0689. The summed E-state index contributed by atoms with van der Waals surface area (Å²) in [6, 6.07) is -2.99. The molecule has 2 heterocycles. The van der Waals surface area contributed by atoms with Crippen molar-refractivity contribution in [3.63, 3.8) is 0 Å². The van der Waals surface area contributed by atoms with E-state index in [4.69, 9.17) is 5.73 Å². The Balaban J connectivity index is 2.03. The second-order valence-corrected chi connectivity index (χ2v) is 7.86. The van der Waals surface area contributed by atoms with Crippen LogP contribution in [-0.4, -0.2) is 75.9 Å². The van der Waals surface area contributed by atoms with Crippen LogP contribution in [0.5, 0.6) is 0 Å². The number of carboxylic acid groups (broad SMARTS) is 1. The summed E-state index contributed by atoms with van der Waals surface area (Å²) in [5, 5.41) is 12.0. The molecule has 0 spiro atoms. The van der Waals surface area contributed by atoms with Crippen LogP contribution in [0.2, 0.25) is 0 Å². The molecule has 5 atom stereocenters. The highest BCUT2D eigenvalue weighted by Crippen LogP contribution is 2.25. The molecular formula is C19H32N4O5. The van der Waals surface area contributed by atoms with E-state index >= 15 is 0 Å². The van der Waals surface area contributed by atoms with Crippen molar-refractivity contribution in [2.75, 3.05) is 13.1 Å². The highest BCUT2D eigenvalue weighted by Gasteiger charge is 2.43. The summed E-state index contributed by atoms with van der Waals surface area (Å²) < 4.78 is 0. The van der Waals surface area contributed by atoms with Crippen molar-refractivity contribution >= 4 is 23.7 Å². The van der Waals surface area contributed by atoms with Crippen molar-refractivity contribution in [3.8, 4) is 0 Å². The van der Waals surface area contributed by atoms with Crippen molar-refractivity contribution in [1.29, 1.82) is 0 Å². The van der Waals surface area contributed by atoms with E-state index in [9.17, 15) is 24.3 Å². The molecule has 0 aromatic heterocycles. The lowest BCUT2D eigenvalue weighted by Gasteiger charge is -2.31. The topological polar surface area (TPSA) is 133 Å². The van der Waals surface area contributed by atoms with Crippen LogP contribution < -0.4 is 11.1 Å². The van der Waals surface area contributed by atoms with Crippen molar-refractivity contribution < 1.29 is 24.3 Å². The van der Waals surface area contributed by atoms with Gasteiger partial charge in [-0.1, -0.05) is 20.3 Å². The molecule has 9 nitrogen and oxygen atoms in total. The lowest BCUT2D eigenvalue weighted by atomic mass is 9.99. The van der Waals surface area contributed by atoms with Crippen LogP contribution in [0.15, 0.2) is 0 Å². The van der Waals surface area contributed by atoms with Gasteiger partial charge in [0, 0.05) is 13.1 Å². The Hall–Kier alpha value is -2.16. The molecule has 0 saturated carbocycles. The Labute approximate surface area is 165 Å². The third kappa shape index (κ3) is 4.63. The highest BCUT2D eigenvalue weighted by molar-refractivity contribution is 5.94. The van der Waals surface area contributed by atoms with E-state index in [-0.39, 0.29) is 23.6 Å². The number of nitrogens with zero attached hydrogens (tertiary/aromatic N) is 2. The van der Waals surface area contributed by atoms with Crippen molar-refractivity contribution in [2.24, 2.45) is 11.7 Å². The molecule has 5 unspecified atom stereocenters. The summed E-state index contributed by atoms with van der Waals surface area (Å²) in [5.41, 5.74) is 5.92. The van der Waals surface area contributed by atoms with Gasteiger partial charge < -0.3 is 26.0 Å². The van der Waals surface area contributed by atoms with E-state index in [2.05, 4.69) is 5.32 Å². The molecule has 2 rings (SSSR count). The molecule has 3 amide bonds. The van der Waals surface area contributed by atoms with Gasteiger partial charge in [-0.3, -0.25) is 14.4 Å². The van der Waals surface area contributed by atoms with E-state index < -0.39 is 30.1 Å². The first-order valence-corrected chi connectivity index (χ1v) is 10.1. The number of nitrogens with two attached hydrogens (primary N) is 1. The fraction of sp³-hybridized carbons (Fsp3) is 0.789. The Kier molecular flexibility index (Phi) is 7.40.